The second kappa shape index (κ2) is 8.16. The van der Waals surface area contributed by atoms with Crippen LogP contribution in [-0.4, -0.2) is 40.8 Å². The molecular weight excluding hydrogens is 262 g/mol. The van der Waals surface area contributed by atoms with E-state index in [1.165, 1.54) is 0 Å². The van der Waals surface area contributed by atoms with Crippen LogP contribution in [0.5, 0.6) is 5.75 Å². The van der Waals surface area contributed by atoms with Crippen LogP contribution in [-0.2, 0) is 9.59 Å². The Morgan fingerprint density at radius 2 is 1.95 bits per heavy atom. The second-order valence-electron chi connectivity index (χ2n) is 4.24. The Morgan fingerprint density at radius 1 is 1.30 bits per heavy atom. The lowest BCUT2D eigenvalue weighted by Crippen LogP contribution is -2.47. The number of para-hydroxylation sites is 1. The van der Waals surface area contributed by atoms with Crippen molar-refractivity contribution in [3.05, 3.63) is 30.3 Å². The summed E-state index contributed by atoms with van der Waals surface area (Å²) in [6.07, 6.45) is -0.396. The molecule has 0 saturated carbocycles. The molecule has 0 fully saturated rings. The van der Waals surface area contributed by atoms with Gasteiger partial charge < -0.3 is 20.3 Å². The molecule has 0 aromatic heterocycles. The SMILES string of the molecule is CCC(Oc1ccccc1)C(=O)N[C@H](CCO)C(=O)O. The number of aliphatic carboxylic acids is 1. The summed E-state index contributed by atoms with van der Waals surface area (Å²) in [4.78, 5) is 22.9. The second-order valence-corrected chi connectivity index (χ2v) is 4.24. The Bertz CT molecular complexity index is 434. The number of carbonyl (C=O) groups is 2. The van der Waals surface area contributed by atoms with Gasteiger partial charge in [0.1, 0.15) is 11.8 Å². The minimum atomic E-state index is -1.18. The van der Waals surface area contributed by atoms with Gasteiger partial charge in [0.05, 0.1) is 0 Å². The van der Waals surface area contributed by atoms with E-state index in [0.717, 1.165) is 0 Å². The summed E-state index contributed by atoms with van der Waals surface area (Å²) in [7, 11) is 0. The number of hydrogen-bond acceptors (Lipinski definition) is 4. The zero-order valence-electron chi connectivity index (χ0n) is 11.3. The van der Waals surface area contributed by atoms with E-state index in [1.54, 1.807) is 31.2 Å². The van der Waals surface area contributed by atoms with Crippen LogP contribution in [0.25, 0.3) is 0 Å². The molecule has 2 atom stereocenters. The third-order valence-corrected chi connectivity index (χ3v) is 2.72. The van der Waals surface area contributed by atoms with Crippen molar-refractivity contribution in [2.45, 2.75) is 31.9 Å². The highest BCUT2D eigenvalue weighted by atomic mass is 16.5. The summed E-state index contributed by atoms with van der Waals surface area (Å²) >= 11 is 0. The maximum Gasteiger partial charge on any atom is 0.326 e. The summed E-state index contributed by atoms with van der Waals surface area (Å²) in [6.45, 7) is 1.46. The number of rotatable bonds is 8. The molecule has 0 heterocycles. The molecule has 1 amide bonds. The molecule has 0 aliphatic rings. The Morgan fingerprint density at radius 3 is 2.45 bits per heavy atom. The molecule has 1 unspecified atom stereocenters. The monoisotopic (exact) mass is 281 g/mol. The van der Waals surface area contributed by atoms with E-state index in [-0.39, 0.29) is 13.0 Å². The number of nitrogens with one attached hydrogen (secondary N) is 1. The predicted molar refractivity (Wildman–Crippen MR) is 72.4 cm³/mol. The van der Waals surface area contributed by atoms with Crippen LogP contribution in [0.1, 0.15) is 19.8 Å². The van der Waals surface area contributed by atoms with Crippen LogP contribution >= 0.6 is 0 Å². The van der Waals surface area contributed by atoms with E-state index in [9.17, 15) is 9.59 Å². The Hall–Kier alpha value is -2.08. The number of hydrogen-bond donors (Lipinski definition) is 3. The van der Waals surface area contributed by atoms with Gasteiger partial charge in [-0.25, -0.2) is 4.79 Å². The molecule has 6 heteroatoms. The highest BCUT2D eigenvalue weighted by molar-refractivity contribution is 5.86. The van der Waals surface area contributed by atoms with E-state index in [0.29, 0.717) is 12.2 Å². The van der Waals surface area contributed by atoms with Gasteiger partial charge in [0.25, 0.3) is 5.91 Å². The van der Waals surface area contributed by atoms with Crippen molar-refractivity contribution < 1.29 is 24.5 Å². The Labute approximate surface area is 117 Å². The average molecular weight is 281 g/mol. The summed E-state index contributed by atoms with van der Waals surface area (Å²) < 4.78 is 5.52. The zero-order chi connectivity index (χ0) is 15.0. The number of carboxylic acids is 1. The van der Waals surface area contributed by atoms with Gasteiger partial charge in [-0.3, -0.25) is 4.79 Å². The van der Waals surface area contributed by atoms with Crippen LogP contribution in [0, 0.1) is 0 Å². The van der Waals surface area contributed by atoms with Crippen LogP contribution < -0.4 is 10.1 Å². The van der Waals surface area contributed by atoms with Crippen LogP contribution in [0.3, 0.4) is 0 Å². The van der Waals surface area contributed by atoms with Gasteiger partial charge in [-0.1, -0.05) is 25.1 Å². The highest BCUT2D eigenvalue weighted by Gasteiger charge is 2.25. The molecular formula is C14H19NO5. The van der Waals surface area contributed by atoms with E-state index >= 15 is 0 Å². The number of carboxylic acid groups (broad SMARTS) is 1. The average Bonchev–Trinajstić information content (AvgIpc) is 2.45. The quantitative estimate of drug-likeness (QED) is 0.655. The smallest absolute Gasteiger partial charge is 0.326 e. The number of aliphatic hydroxyl groups excluding tert-OH is 1. The molecule has 0 bridgehead atoms. The minimum absolute atomic E-state index is 0.0388. The third kappa shape index (κ3) is 4.89. The molecule has 0 aliphatic carbocycles. The molecule has 0 radical (unpaired) electrons. The first-order valence-corrected chi connectivity index (χ1v) is 6.44. The Balaban J connectivity index is 2.64. The Kier molecular flexibility index (Phi) is 6.52. The molecule has 1 rings (SSSR count). The van der Waals surface area contributed by atoms with Crippen LogP contribution in [0.15, 0.2) is 30.3 Å². The summed E-state index contributed by atoms with van der Waals surface area (Å²) in [5.41, 5.74) is 0. The van der Waals surface area contributed by atoms with Gasteiger partial charge >= 0.3 is 5.97 Å². The van der Waals surface area contributed by atoms with E-state index < -0.39 is 24.0 Å². The number of carbonyl (C=O) groups excluding carboxylic acids is 1. The van der Waals surface area contributed by atoms with E-state index in [2.05, 4.69) is 5.32 Å². The van der Waals surface area contributed by atoms with E-state index in [4.69, 9.17) is 14.9 Å². The molecule has 3 N–H and O–H groups in total. The van der Waals surface area contributed by atoms with Crippen molar-refractivity contribution in [3.8, 4) is 5.75 Å². The first-order valence-electron chi connectivity index (χ1n) is 6.44. The molecule has 1 aromatic carbocycles. The predicted octanol–water partition coefficient (Wildman–Crippen LogP) is 0.796. The first-order chi connectivity index (χ1) is 9.58. The lowest BCUT2D eigenvalue weighted by Gasteiger charge is -2.20. The van der Waals surface area contributed by atoms with Gasteiger partial charge in [0.15, 0.2) is 6.10 Å². The van der Waals surface area contributed by atoms with Crippen molar-refractivity contribution in [1.82, 2.24) is 5.32 Å². The van der Waals surface area contributed by atoms with Gasteiger partial charge in [-0.15, -0.1) is 0 Å². The van der Waals surface area contributed by atoms with Crippen molar-refractivity contribution in [2.75, 3.05) is 6.61 Å². The van der Waals surface area contributed by atoms with Gasteiger partial charge in [-0.05, 0) is 18.6 Å². The number of benzene rings is 1. The van der Waals surface area contributed by atoms with Crippen molar-refractivity contribution in [3.63, 3.8) is 0 Å². The minimum Gasteiger partial charge on any atom is -0.481 e. The zero-order valence-corrected chi connectivity index (χ0v) is 11.3. The third-order valence-electron chi connectivity index (χ3n) is 2.72. The lowest BCUT2D eigenvalue weighted by atomic mass is 10.2. The molecule has 1 aromatic rings. The summed E-state index contributed by atoms with van der Waals surface area (Å²) in [5, 5.41) is 20.1. The number of ether oxygens (including phenoxy) is 1. The van der Waals surface area contributed by atoms with Crippen molar-refractivity contribution in [1.29, 1.82) is 0 Å². The number of aliphatic hydroxyl groups is 1. The van der Waals surface area contributed by atoms with Gasteiger partial charge in [-0.2, -0.15) is 0 Å². The standard InChI is InChI=1S/C14H19NO5/c1-2-12(20-10-6-4-3-5-7-10)13(17)15-11(8-9-16)14(18)19/h3-7,11-12,16H,2,8-9H2,1H3,(H,15,17)(H,18,19)/t11-,12?/m1/s1. The summed E-state index contributed by atoms with van der Waals surface area (Å²) in [5.74, 6) is -1.14. The fourth-order valence-electron chi connectivity index (χ4n) is 1.64. The normalized spacial score (nSPS) is 13.3. The fraction of sp³-hybridized carbons (Fsp3) is 0.429. The van der Waals surface area contributed by atoms with Crippen molar-refractivity contribution in [2.24, 2.45) is 0 Å². The largest absolute Gasteiger partial charge is 0.481 e. The molecule has 0 spiro atoms. The molecule has 0 aliphatic heterocycles. The van der Waals surface area contributed by atoms with Crippen molar-refractivity contribution >= 4 is 11.9 Å². The summed E-state index contributed by atoms with van der Waals surface area (Å²) in [6, 6.07) is 7.73. The van der Waals surface area contributed by atoms with Crippen LogP contribution in [0.4, 0.5) is 0 Å². The number of amides is 1. The van der Waals surface area contributed by atoms with Gasteiger partial charge in [0.2, 0.25) is 0 Å². The molecule has 110 valence electrons. The highest BCUT2D eigenvalue weighted by Crippen LogP contribution is 2.12. The van der Waals surface area contributed by atoms with E-state index in [1.807, 2.05) is 6.07 Å². The van der Waals surface area contributed by atoms with Crippen LogP contribution in [0.2, 0.25) is 0 Å². The topological polar surface area (TPSA) is 95.9 Å². The maximum absolute atomic E-state index is 12.0. The molecule has 0 saturated heterocycles. The maximum atomic E-state index is 12.0. The molecule has 6 nitrogen and oxygen atoms in total. The first kappa shape index (κ1) is 16.0. The fourth-order valence-corrected chi connectivity index (χ4v) is 1.64. The molecule has 20 heavy (non-hydrogen) atoms. The van der Waals surface area contributed by atoms with Gasteiger partial charge in [0, 0.05) is 13.0 Å². The lowest BCUT2D eigenvalue weighted by molar-refractivity contribution is -0.143.